The number of anilines is 1. The molecule has 4 unspecified atom stereocenters. The molecule has 14 nitrogen and oxygen atoms in total. The molecule has 1 aromatic rings. The number of aliphatic hydroxyl groups excluding tert-OH is 8. The van der Waals surface area contributed by atoms with Crippen LogP contribution < -0.4 is 15.5 Å². The van der Waals surface area contributed by atoms with Crippen LogP contribution in [-0.2, 0) is 4.79 Å². The minimum Gasteiger partial charge on any atom is -0.395 e. The second kappa shape index (κ2) is 18.1. The average Bonchev–Trinajstić information content (AvgIpc) is 2.90. The van der Waals surface area contributed by atoms with E-state index >= 15 is 0 Å². The van der Waals surface area contributed by atoms with E-state index in [4.69, 9.17) is 10.2 Å². The highest BCUT2D eigenvalue weighted by Crippen LogP contribution is 2.38. The Labute approximate surface area is 265 Å². The number of rotatable bonds is 16. The molecule has 1 rings (SSSR count). The van der Waals surface area contributed by atoms with Crippen LogP contribution in [0, 0.1) is 10.7 Å². The number of nitrogens with zero attached hydrogens (tertiary/aromatic N) is 1. The normalized spacial score (nSPS) is 14.3. The van der Waals surface area contributed by atoms with Crippen LogP contribution in [-0.4, -0.2) is 129 Å². The van der Waals surface area contributed by atoms with Gasteiger partial charge in [0, 0.05) is 10.1 Å². The Balaban J connectivity index is 3.78. The van der Waals surface area contributed by atoms with Gasteiger partial charge in [-0.2, -0.15) is 0 Å². The highest BCUT2D eigenvalue weighted by Gasteiger charge is 2.33. The van der Waals surface area contributed by atoms with Crippen LogP contribution in [0.2, 0.25) is 0 Å². The number of nitrogens with one attached hydrogen (secondary N) is 2. The molecular formula is C22H32I3N3O11. The number of carbonyl (C=O) groups excluding carboxylic acids is 3. The van der Waals surface area contributed by atoms with Crippen molar-refractivity contribution >= 4 is 91.2 Å². The number of amides is 3. The van der Waals surface area contributed by atoms with E-state index in [1.807, 2.05) is 0 Å². The van der Waals surface area contributed by atoms with E-state index in [0.717, 1.165) is 4.90 Å². The lowest BCUT2D eigenvalue weighted by Crippen LogP contribution is -2.43. The molecule has 39 heavy (non-hydrogen) atoms. The third-order valence-corrected chi connectivity index (χ3v) is 8.60. The van der Waals surface area contributed by atoms with Crippen molar-refractivity contribution in [2.45, 2.75) is 37.1 Å². The van der Waals surface area contributed by atoms with Crippen LogP contribution >= 0.6 is 67.8 Å². The smallest absolute Gasteiger partial charge is 0.253 e. The molecule has 0 saturated heterocycles. The van der Waals surface area contributed by atoms with E-state index in [1.165, 1.54) is 0 Å². The number of hydrogen-bond donors (Lipinski definition) is 10. The van der Waals surface area contributed by atoms with Crippen molar-refractivity contribution < 1.29 is 55.2 Å². The van der Waals surface area contributed by atoms with Gasteiger partial charge in [-0.05, 0) is 80.6 Å². The maximum Gasteiger partial charge on any atom is 0.253 e. The van der Waals surface area contributed by atoms with Crippen LogP contribution in [0.4, 0.5) is 5.69 Å². The predicted molar refractivity (Wildman–Crippen MR) is 163 cm³/mol. The molecule has 0 aliphatic carbocycles. The largest absolute Gasteiger partial charge is 0.395 e. The lowest BCUT2D eigenvalue weighted by atomic mass is 10.0. The second-order valence-electron chi connectivity index (χ2n) is 8.32. The van der Waals surface area contributed by atoms with Gasteiger partial charge in [0.1, 0.15) is 6.61 Å². The summed E-state index contributed by atoms with van der Waals surface area (Å²) in [5.74, 6) is -2.39. The van der Waals surface area contributed by atoms with Crippen LogP contribution in [0.3, 0.4) is 0 Å². The molecule has 0 radical (unpaired) electrons. The molecule has 0 bridgehead atoms. The fraction of sp³-hybridized carbons (Fsp3) is 0.591. The van der Waals surface area contributed by atoms with E-state index in [1.54, 1.807) is 67.8 Å². The van der Waals surface area contributed by atoms with Crippen LogP contribution in [0.15, 0.2) is 0 Å². The summed E-state index contributed by atoms with van der Waals surface area (Å²) in [7, 11) is 0. The van der Waals surface area contributed by atoms with Gasteiger partial charge in [0.05, 0.1) is 81.3 Å². The van der Waals surface area contributed by atoms with E-state index in [2.05, 4.69) is 10.6 Å². The Morgan fingerprint density at radius 3 is 1.41 bits per heavy atom. The van der Waals surface area contributed by atoms with Crippen molar-refractivity contribution in [1.82, 2.24) is 10.6 Å². The van der Waals surface area contributed by atoms with E-state index in [0.29, 0.717) is 0 Å². The van der Waals surface area contributed by atoms with Crippen LogP contribution in [0.25, 0.3) is 0 Å². The maximum atomic E-state index is 13.4. The molecule has 222 valence electrons. The van der Waals surface area contributed by atoms with Crippen molar-refractivity contribution in [3.63, 3.8) is 0 Å². The highest BCUT2D eigenvalue weighted by molar-refractivity contribution is 14.1. The van der Waals surface area contributed by atoms with Gasteiger partial charge in [-0.15, -0.1) is 0 Å². The molecule has 3 amide bonds. The molecule has 10 N–H and O–H groups in total. The van der Waals surface area contributed by atoms with Gasteiger partial charge in [-0.1, -0.05) is 0 Å². The first-order valence-electron chi connectivity index (χ1n) is 11.6. The number of aliphatic hydroxyl groups is 8. The predicted octanol–water partition coefficient (Wildman–Crippen LogP) is -2.51. The first kappa shape index (κ1) is 36.5. The van der Waals surface area contributed by atoms with Crippen LogP contribution in [0.1, 0.15) is 33.6 Å². The lowest BCUT2D eigenvalue weighted by molar-refractivity contribution is -0.121. The Kier molecular flexibility index (Phi) is 17.0. The van der Waals surface area contributed by atoms with Crippen LogP contribution in [0.5, 0.6) is 0 Å². The van der Waals surface area contributed by atoms with Gasteiger partial charge < -0.3 is 56.4 Å². The Morgan fingerprint density at radius 2 is 1.10 bits per heavy atom. The maximum absolute atomic E-state index is 13.4. The summed E-state index contributed by atoms with van der Waals surface area (Å²) in [6.07, 6.45) is -2.80. The summed E-state index contributed by atoms with van der Waals surface area (Å²) in [6.45, 7) is -4.08. The van der Waals surface area contributed by atoms with E-state index in [-0.39, 0.29) is 46.9 Å². The third kappa shape index (κ3) is 10.1. The number of benzene rings is 1. The number of carbonyl (C=O) groups is 3. The highest BCUT2D eigenvalue weighted by atomic mass is 127. The molecule has 0 aliphatic heterocycles. The molecule has 4 atom stereocenters. The summed E-state index contributed by atoms with van der Waals surface area (Å²) in [5, 5.41) is 81.2. The molecule has 0 saturated carbocycles. The first-order chi connectivity index (χ1) is 18.4. The fourth-order valence-corrected chi connectivity index (χ4v) is 8.24. The zero-order chi connectivity index (χ0) is 29.9. The van der Waals surface area contributed by atoms with E-state index in [9.17, 15) is 45.0 Å². The van der Waals surface area contributed by atoms with Gasteiger partial charge in [-0.25, -0.2) is 0 Å². The minimum absolute atomic E-state index is 0.0481. The van der Waals surface area contributed by atoms with Gasteiger partial charge in [-0.3, -0.25) is 14.4 Å². The number of halogens is 3. The lowest BCUT2D eigenvalue weighted by Gasteiger charge is -2.28. The zero-order valence-corrected chi connectivity index (χ0v) is 27.0. The fourth-order valence-electron chi connectivity index (χ4n) is 3.51. The summed E-state index contributed by atoms with van der Waals surface area (Å²) < 4.78 is 0.485. The van der Waals surface area contributed by atoms with Crippen molar-refractivity contribution in [2.24, 2.45) is 0 Å². The molecular weight excluding hydrogens is 863 g/mol. The third-order valence-electron chi connectivity index (χ3n) is 5.42. The Bertz CT molecular complexity index is 941. The van der Waals surface area contributed by atoms with Crippen molar-refractivity contribution in [1.29, 1.82) is 0 Å². The molecule has 0 fully saturated rings. The SMILES string of the molecule is O=C(NC(CO)CC(O)CO)c1c(I)c(C(=O)NC(CO)CC(O)CO)c(I)c(N(CCO)C(=O)CO)c1I. The van der Waals surface area contributed by atoms with Crippen molar-refractivity contribution in [3.05, 3.63) is 21.8 Å². The second-order valence-corrected chi connectivity index (χ2v) is 11.6. The van der Waals surface area contributed by atoms with Gasteiger partial charge in [0.2, 0.25) is 0 Å². The molecule has 0 aliphatic rings. The molecule has 1 aromatic carbocycles. The number of hydrogen-bond acceptors (Lipinski definition) is 11. The molecule has 0 aromatic heterocycles. The molecule has 0 spiro atoms. The Morgan fingerprint density at radius 1 is 0.692 bits per heavy atom. The first-order valence-corrected chi connectivity index (χ1v) is 14.8. The average molecular weight is 895 g/mol. The minimum atomic E-state index is -1.22. The molecule has 17 heteroatoms. The van der Waals surface area contributed by atoms with E-state index < -0.39 is 81.7 Å². The standard InChI is InChI=1S/C22H32I3N3O11/c23-17-15(21(38)26-10(5-30)3-12(35)7-32)18(24)20(28(1-2-29)14(37)9-34)19(25)16(17)22(39)27-11(6-31)4-13(36)8-33/h10-13,29-36H,1-9H2,(H,26,38)(H,27,39). The summed E-state index contributed by atoms with van der Waals surface area (Å²) in [5.41, 5.74) is -0.122. The van der Waals surface area contributed by atoms with Gasteiger partial charge in [0.25, 0.3) is 17.7 Å². The zero-order valence-electron chi connectivity index (χ0n) is 20.6. The van der Waals surface area contributed by atoms with Gasteiger partial charge in [0.15, 0.2) is 0 Å². The topological polar surface area (TPSA) is 240 Å². The molecule has 0 heterocycles. The van der Waals surface area contributed by atoms with Gasteiger partial charge >= 0.3 is 0 Å². The summed E-state index contributed by atoms with van der Waals surface area (Å²) >= 11 is 5.33. The summed E-state index contributed by atoms with van der Waals surface area (Å²) in [4.78, 5) is 40.5. The van der Waals surface area contributed by atoms with Crippen molar-refractivity contribution in [3.8, 4) is 0 Å². The quantitative estimate of drug-likeness (QED) is 0.0778. The van der Waals surface area contributed by atoms with Crippen molar-refractivity contribution in [2.75, 3.05) is 51.1 Å². The Hall–Kier alpha value is -0.500. The monoisotopic (exact) mass is 895 g/mol. The summed E-state index contributed by atoms with van der Waals surface area (Å²) in [6, 6.07) is -1.95.